The van der Waals surface area contributed by atoms with E-state index in [2.05, 4.69) is 35.0 Å². The largest absolute Gasteiger partial charge is 0.456 e. The van der Waals surface area contributed by atoms with E-state index in [1.54, 1.807) is 0 Å². The number of ether oxygens (including phenoxy) is 1. The second-order valence-electron chi connectivity index (χ2n) is 4.39. The summed E-state index contributed by atoms with van der Waals surface area (Å²) in [5.41, 5.74) is 2.41. The number of hydrogen-bond acceptors (Lipinski definition) is 1. The number of aryl methyl sites for hydroxylation is 1. The van der Waals surface area contributed by atoms with Gasteiger partial charge in [-0.3, -0.25) is 0 Å². The normalized spacial score (nSPS) is 10.5. The van der Waals surface area contributed by atoms with Crippen LogP contribution < -0.4 is 4.74 Å². The summed E-state index contributed by atoms with van der Waals surface area (Å²) in [7, 11) is 0. The van der Waals surface area contributed by atoms with Crippen LogP contribution in [0.15, 0.2) is 46.9 Å². The number of halogens is 2. The lowest BCUT2D eigenvalue weighted by Crippen LogP contribution is -1.88. The molecule has 0 saturated carbocycles. The number of rotatable bonds is 5. The molecule has 3 heteroatoms. The van der Waals surface area contributed by atoms with Crippen LogP contribution in [0.5, 0.6) is 11.5 Å². The molecule has 0 atom stereocenters. The van der Waals surface area contributed by atoms with Gasteiger partial charge in [-0.1, -0.05) is 31.5 Å². The van der Waals surface area contributed by atoms with E-state index in [9.17, 15) is 0 Å². The molecule has 0 heterocycles. The first-order valence-electron chi connectivity index (χ1n) is 6.34. The Morgan fingerprint density at radius 3 is 2.32 bits per heavy atom. The molecule has 0 spiro atoms. The lowest BCUT2D eigenvalue weighted by atomic mass is 10.1. The van der Waals surface area contributed by atoms with Crippen LogP contribution in [0, 0.1) is 0 Å². The van der Waals surface area contributed by atoms with Gasteiger partial charge < -0.3 is 4.74 Å². The maximum Gasteiger partial charge on any atom is 0.141 e. The quantitative estimate of drug-likeness (QED) is 0.613. The average Bonchev–Trinajstić information content (AvgIpc) is 2.43. The molecule has 0 saturated heterocycles. The predicted molar refractivity (Wildman–Crippen MR) is 84.2 cm³/mol. The number of alkyl halides is 1. The molecule has 0 aliphatic rings. The van der Waals surface area contributed by atoms with Crippen LogP contribution in [-0.4, -0.2) is 0 Å². The average molecular weight is 340 g/mol. The van der Waals surface area contributed by atoms with Crippen LogP contribution in [0.1, 0.15) is 24.5 Å². The zero-order valence-corrected chi connectivity index (χ0v) is 13.2. The van der Waals surface area contributed by atoms with Crippen LogP contribution in [-0.2, 0) is 12.3 Å². The highest BCUT2D eigenvalue weighted by atomic mass is 79.9. The second-order valence-corrected chi connectivity index (χ2v) is 5.52. The molecular formula is C16H16BrClO. The highest BCUT2D eigenvalue weighted by Gasteiger charge is 2.04. The maximum absolute atomic E-state index is 5.85. The van der Waals surface area contributed by atoms with Crippen molar-refractivity contribution in [2.45, 2.75) is 25.6 Å². The molecule has 0 aromatic heterocycles. The maximum atomic E-state index is 5.85. The molecule has 0 radical (unpaired) electrons. The van der Waals surface area contributed by atoms with Gasteiger partial charge in [-0.25, -0.2) is 0 Å². The minimum absolute atomic E-state index is 0.505. The summed E-state index contributed by atoms with van der Waals surface area (Å²) in [6, 6.07) is 14.1. The molecule has 0 N–H and O–H groups in total. The number of benzene rings is 2. The predicted octanol–water partition coefficient (Wildman–Crippen LogP) is 5.93. The van der Waals surface area contributed by atoms with Crippen LogP contribution in [0.25, 0.3) is 0 Å². The molecule has 100 valence electrons. The van der Waals surface area contributed by atoms with Gasteiger partial charge in [-0.15, -0.1) is 11.6 Å². The fourth-order valence-corrected chi connectivity index (χ4v) is 2.52. The molecule has 1 nitrogen and oxygen atoms in total. The SMILES string of the molecule is CCCc1ccc(Oc2ccc(CCl)cc2Br)cc1. The summed E-state index contributed by atoms with van der Waals surface area (Å²) in [6.07, 6.45) is 2.26. The Morgan fingerprint density at radius 2 is 1.74 bits per heavy atom. The summed E-state index contributed by atoms with van der Waals surface area (Å²) in [5.74, 6) is 2.15. The van der Waals surface area contributed by atoms with E-state index >= 15 is 0 Å². The van der Waals surface area contributed by atoms with Crippen molar-refractivity contribution in [2.75, 3.05) is 0 Å². The molecule has 0 aliphatic carbocycles. The summed E-state index contributed by atoms with van der Waals surface area (Å²) in [4.78, 5) is 0. The van der Waals surface area contributed by atoms with E-state index < -0.39 is 0 Å². The van der Waals surface area contributed by atoms with Gasteiger partial charge in [0.15, 0.2) is 0 Å². The molecule has 2 aromatic carbocycles. The van der Waals surface area contributed by atoms with Crippen molar-refractivity contribution in [1.29, 1.82) is 0 Å². The molecule has 2 aromatic rings. The lowest BCUT2D eigenvalue weighted by Gasteiger charge is -2.09. The Bertz CT molecular complexity index is 537. The Morgan fingerprint density at radius 1 is 1.05 bits per heavy atom. The lowest BCUT2D eigenvalue weighted by molar-refractivity contribution is 0.479. The Labute approximate surface area is 127 Å². The smallest absolute Gasteiger partial charge is 0.141 e. The summed E-state index contributed by atoms with van der Waals surface area (Å²) < 4.78 is 6.77. The van der Waals surface area contributed by atoms with Gasteiger partial charge >= 0.3 is 0 Å². The van der Waals surface area contributed by atoms with Gasteiger partial charge in [0.2, 0.25) is 0 Å². The highest BCUT2D eigenvalue weighted by molar-refractivity contribution is 9.10. The van der Waals surface area contributed by atoms with E-state index in [1.807, 2.05) is 30.3 Å². The minimum atomic E-state index is 0.505. The molecule has 2 rings (SSSR count). The van der Waals surface area contributed by atoms with Crippen molar-refractivity contribution < 1.29 is 4.74 Å². The van der Waals surface area contributed by atoms with E-state index in [-0.39, 0.29) is 0 Å². The molecule has 0 amide bonds. The first-order valence-corrected chi connectivity index (χ1v) is 7.67. The molecule has 0 aliphatic heterocycles. The molecular weight excluding hydrogens is 324 g/mol. The van der Waals surface area contributed by atoms with Gasteiger partial charge in [0, 0.05) is 5.88 Å². The summed E-state index contributed by atoms with van der Waals surface area (Å²) in [6.45, 7) is 2.18. The van der Waals surface area contributed by atoms with Gasteiger partial charge in [0.05, 0.1) is 4.47 Å². The van der Waals surface area contributed by atoms with E-state index in [1.165, 1.54) is 5.56 Å². The van der Waals surface area contributed by atoms with E-state index in [4.69, 9.17) is 16.3 Å². The third-order valence-electron chi connectivity index (χ3n) is 2.84. The fourth-order valence-electron chi connectivity index (χ4n) is 1.85. The van der Waals surface area contributed by atoms with Gasteiger partial charge in [-0.05, 0) is 57.7 Å². The van der Waals surface area contributed by atoms with Crippen LogP contribution in [0.3, 0.4) is 0 Å². The Kier molecular flexibility index (Phi) is 5.29. The van der Waals surface area contributed by atoms with Crippen molar-refractivity contribution in [3.8, 4) is 11.5 Å². The number of hydrogen-bond donors (Lipinski definition) is 0. The monoisotopic (exact) mass is 338 g/mol. The van der Waals surface area contributed by atoms with Crippen molar-refractivity contribution in [3.05, 3.63) is 58.1 Å². The van der Waals surface area contributed by atoms with Crippen molar-refractivity contribution in [3.63, 3.8) is 0 Å². The Hall–Kier alpha value is -0.990. The molecule has 0 bridgehead atoms. The molecule has 0 fully saturated rings. The summed E-state index contributed by atoms with van der Waals surface area (Å²) in [5, 5.41) is 0. The first-order chi connectivity index (χ1) is 9.22. The molecule has 19 heavy (non-hydrogen) atoms. The van der Waals surface area contributed by atoms with E-state index in [0.717, 1.165) is 34.4 Å². The second kappa shape index (κ2) is 6.97. The minimum Gasteiger partial charge on any atom is -0.456 e. The molecule has 0 unspecified atom stereocenters. The van der Waals surface area contributed by atoms with Crippen molar-refractivity contribution in [2.24, 2.45) is 0 Å². The standard InChI is InChI=1S/C16H16BrClO/c1-2-3-12-4-7-14(8-5-12)19-16-9-6-13(11-18)10-15(16)17/h4-10H,2-3,11H2,1H3. The van der Waals surface area contributed by atoms with Crippen molar-refractivity contribution in [1.82, 2.24) is 0 Å². The summed E-state index contributed by atoms with van der Waals surface area (Å²) >= 11 is 9.30. The van der Waals surface area contributed by atoms with Crippen LogP contribution in [0.2, 0.25) is 0 Å². The van der Waals surface area contributed by atoms with Gasteiger partial charge in [-0.2, -0.15) is 0 Å². The first kappa shape index (κ1) is 14.4. The van der Waals surface area contributed by atoms with Gasteiger partial charge in [0.1, 0.15) is 11.5 Å². The third-order valence-corrected chi connectivity index (χ3v) is 3.77. The van der Waals surface area contributed by atoms with Crippen LogP contribution >= 0.6 is 27.5 Å². The van der Waals surface area contributed by atoms with Crippen LogP contribution in [0.4, 0.5) is 0 Å². The topological polar surface area (TPSA) is 9.23 Å². The fraction of sp³-hybridized carbons (Fsp3) is 0.250. The Balaban J connectivity index is 2.12. The zero-order chi connectivity index (χ0) is 13.7. The third kappa shape index (κ3) is 3.99. The van der Waals surface area contributed by atoms with Crippen molar-refractivity contribution >= 4 is 27.5 Å². The highest BCUT2D eigenvalue weighted by Crippen LogP contribution is 2.31. The zero-order valence-electron chi connectivity index (χ0n) is 10.8. The van der Waals surface area contributed by atoms with E-state index in [0.29, 0.717) is 5.88 Å². The van der Waals surface area contributed by atoms with Gasteiger partial charge in [0.25, 0.3) is 0 Å².